The van der Waals surface area contributed by atoms with Crippen LogP contribution in [0.1, 0.15) is 102 Å². The second kappa shape index (κ2) is 15.4. The van der Waals surface area contributed by atoms with Crippen molar-refractivity contribution in [3.8, 4) is 5.75 Å². The highest BCUT2D eigenvalue weighted by Crippen LogP contribution is 2.34. The standard InChI is InChI=1S/C24H44OS/c1-4-6-8-10-12-14-18-26(19-15-13-11-9-7-5-2)21-23-16-17-24(25)22(3)20-23/h16-17,20,25-26H,4-15,18-19,21H2,1-3H3. The number of aryl methyl sites for hydroxylation is 1. The Hall–Kier alpha value is -0.630. The Labute approximate surface area is 166 Å². The Morgan fingerprint density at radius 1 is 0.731 bits per heavy atom. The van der Waals surface area contributed by atoms with Crippen LogP contribution < -0.4 is 0 Å². The quantitative estimate of drug-likeness (QED) is 0.220. The number of phenolic OH excluding ortho intramolecular Hbond substituents is 1. The maximum absolute atomic E-state index is 9.77. The summed E-state index contributed by atoms with van der Waals surface area (Å²) in [5, 5.41) is 9.77. The van der Waals surface area contributed by atoms with Crippen molar-refractivity contribution in [2.24, 2.45) is 0 Å². The topological polar surface area (TPSA) is 20.2 Å². The molecule has 0 radical (unpaired) electrons. The van der Waals surface area contributed by atoms with Crippen molar-refractivity contribution in [1.82, 2.24) is 0 Å². The minimum atomic E-state index is 0.110. The third kappa shape index (κ3) is 11.2. The fourth-order valence-corrected chi connectivity index (χ4v) is 6.17. The summed E-state index contributed by atoms with van der Waals surface area (Å²) < 4.78 is 0. The first-order valence-corrected chi connectivity index (χ1v) is 13.1. The fraction of sp³-hybridized carbons (Fsp3) is 0.750. The van der Waals surface area contributed by atoms with Gasteiger partial charge in [0, 0.05) is 5.75 Å². The predicted molar refractivity (Wildman–Crippen MR) is 122 cm³/mol. The zero-order chi connectivity index (χ0) is 19.0. The maximum Gasteiger partial charge on any atom is 0.118 e. The second-order valence-electron chi connectivity index (χ2n) is 7.93. The van der Waals surface area contributed by atoms with Crippen LogP contribution >= 0.6 is 10.9 Å². The molecule has 1 aromatic carbocycles. The molecule has 152 valence electrons. The van der Waals surface area contributed by atoms with Gasteiger partial charge in [0.1, 0.15) is 5.75 Å². The molecule has 0 aromatic heterocycles. The molecular weight excluding hydrogens is 336 g/mol. The highest BCUT2D eigenvalue weighted by Gasteiger charge is 2.07. The van der Waals surface area contributed by atoms with Crippen LogP contribution in [0.25, 0.3) is 0 Å². The number of hydrogen-bond acceptors (Lipinski definition) is 1. The number of hydrogen-bond donors (Lipinski definition) is 2. The van der Waals surface area contributed by atoms with Gasteiger partial charge in [0.15, 0.2) is 0 Å². The summed E-state index contributed by atoms with van der Waals surface area (Å²) in [4.78, 5) is 0. The van der Waals surface area contributed by atoms with E-state index in [4.69, 9.17) is 0 Å². The van der Waals surface area contributed by atoms with Gasteiger partial charge in [-0.3, -0.25) is 0 Å². The van der Waals surface area contributed by atoms with Crippen molar-refractivity contribution in [3.63, 3.8) is 0 Å². The molecule has 1 nitrogen and oxygen atoms in total. The van der Waals surface area contributed by atoms with E-state index in [1.54, 1.807) is 0 Å². The summed E-state index contributed by atoms with van der Waals surface area (Å²) >= 11 is 0. The first-order valence-electron chi connectivity index (χ1n) is 11.2. The summed E-state index contributed by atoms with van der Waals surface area (Å²) in [5.74, 6) is 4.57. The number of benzene rings is 1. The van der Waals surface area contributed by atoms with Crippen molar-refractivity contribution >= 4 is 10.9 Å². The highest BCUT2D eigenvalue weighted by atomic mass is 32.2. The number of thiol groups is 1. The lowest BCUT2D eigenvalue weighted by molar-refractivity contribution is 0.471. The van der Waals surface area contributed by atoms with Crippen molar-refractivity contribution in [3.05, 3.63) is 29.3 Å². The van der Waals surface area contributed by atoms with Crippen LogP contribution in [0.15, 0.2) is 18.2 Å². The molecule has 0 fully saturated rings. The van der Waals surface area contributed by atoms with E-state index in [1.165, 1.54) is 99.9 Å². The third-order valence-electron chi connectivity index (χ3n) is 5.32. The number of unbranched alkanes of at least 4 members (excludes halogenated alkanes) is 10. The van der Waals surface area contributed by atoms with E-state index in [0.29, 0.717) is 5.75 Å². The van der Waals surface area contributed by atoms with Gasteiger partial charge in [-0.25, -0.2) is 10.9 Å². The van der Waals surface area contributed by atoms with Gasteiger partial charge in [-0.05, 0) is 48.5 Å². The Balaban J connectivity index is 2.39. The Morgan fingerprint density at radius 3 is 1.73 bits per heavy atom. The lowest BCUT2D eigenvalue weighted by atomic mass is 10.1. The van der Waals surface area contributed by atoms with Crippen molar-refractivity contribution < 1.29 is 5.11 Å². The van der Waals surface area contributed by atoms with Crippen LogP contribution in [0, 0.1) is 6.92 Å². The lowest BCUT2D eigenvalue weighted by Gasteiger charge is -2.22. The van der Waals surface area contributed by atoms with Gasteiger partial charge in [0.05, 0.1) is 0 Å². The second-order valence-corrected chi connectivity index (χ2v) is 10.5. The molecule has 0 unspecified atom stereocenters. The van der Waals surface area contributed by atoms with Crippen LogP contribution in [-0.4, -0.2) is 16.6 Å². The third-order valence-corrected chi connectivity index (χ3v) is 8.03. The zero-order valence-electron chi connectivity index (χ0n) is 17.7. The van der Waals surface area contributed by atoms with E-state index in [9.17, 15) is 5.11 Å². The van der Waals surface area contributed by atoms with Gasteiger partial charge in [-0.1, -0.05) is 90.2 Å². The van der Waals surface area contributed by atoms with Crippen LogP contribution in [0.3, 0.4) is 0 Å². The highest BCUT2D eigenvalue weighted by molar-refractivity contribution is 8.16. The summed E-state index contributed by atoms with van der Waals surface area (Å²) in [7, 11) is 0.110. The Bertz CT molecular complexity index is 442. The molecule has 0 amide bonds. The van der Waals surface area contributed by atoms with Crippen LogP contribution in [-0.2, 0) is 5.75 Å². The van der Waals surface area contributed by atoms with Crippen molar-refractivity contribution in [2.75, 3.05) is 11.5 Å². The molecule has 0 atom stereocenters. The van der Waals surface area contributed by atoms with E-state index in [2.05, 4.69) is 26.0 Å². The van der Waals surface area contributed by atoms with E-state index < -0.39 is 0 Å². The molecule has 0 spiro atoms. The maximum atomic E-state index is 9.77. The Kier molecular flexibility index (Phi) is 13.9. The molecule has 2 heteroatoms. The van der Waals surface area contributed by atoms with Gasteiger partial charge in [-0.2, -0.15) is 0 Å². The smallest absolute Gasteiger partial charge is 0.118 e. The molecule has 0 aliphatic rings. The largest absolute Gasteiger partial charge is 0.508 e. The number of rotatable bonds is 16. The van der Waals surface area contributed by atoms with E-state index in [0.717, 1.165) is 5.56 Å². The Morgan fingerprint density at radius 2 is 1.23 bits per heavy atom. The lowest BCUT2D eigenvalue weighted by Crippen LogP contribution is -2.00. The molecule has 1 rings (SSSR count). The molecule has 0 bridgehead atoms. The number of aromatic hydroxyl groups is 1. The summed E-state index contributed by atoms with van der Waals surface area (Å²) in [6, 6.07) is 6.22. The fourth-order valence-electron chi connectivity index (χ4n) is 3.58. The molecule has 0 heterocycles. The van der Waals surface area contributed by atoms with Crippen molar-refractivity contribution in [1.29, 1.82) is 0 Å². The number of phenols is 1. The summed E-state index contributed by atoms with van der Waals surface area (Å²) in [5.41, 5.74) is 2.46. The van der Waals surface area contributed by atoms with Crippen molar-refractivity contribution in [2.45, 2.75) is 104 Å². The molecule has 1 N–H and O–H groups in total. The first kappa shape index (κ1) is 23.4. The molecule has 0 aliphatic heterocycles. The van der Waals surface area contributed by atoms with Gasteiger partial charge in [-0.15, -0.1) is 0 Å². The van der Waals surface area contributed by atoms with Gasteiger partial charge in [0.2, 0.25) is 0 Å². The minimum absolute atomic E-state index is 0.110. The van der Waals surface area contributed by atoms with Crippen LogP contribution in [0.2, 0.25) is 0 Å². The van der Waals surface area contributed by atoms with Crippen LogP contribution in [0.4, 0.5) is 0 Å². The van der Waals surface area contributed by atoms with Gasteiger partial charge >= 0.3 is 0 Å². The SMILES string of the molecule is CCCCCCCC[SH](CCCCCCCC)Cc1ccc(O)c(C)c1. The van der Waals surface area contributed by atoms with E-state index in [-0.39, 0.29) is 10.9 Å². The predicted octanol–water partition coefficient (Wildman–Crippen LogP) is 7.92. The average molecular weight is 381 g/mol. The molecule has 0 saturated carbocycles. The van der Waals surface area contributed by atoms with Gasteiger partial charge < -0.3 is 5.11 Å². The molecular formula is C24H44OS. The normalized spacial score (nSPS) is 11.7. The van der Waals surface area contributed by atoms with Crippen LogP contribution in [0.5, 0.6) is 5.75 Å². The average Bonchev–Trinajstić information content (AvgIpc) is 2.63. The summed E-state index contributed by atoms with van der Waals surface area (Å²) in [6.07, 6.45) is 16.8. The van der Waals surface area contributed by atoms with Gasteiger partial charge in [0.25, 0.3) is 0 Å². The molecule has 1 aromatic rings. The molecule has 0 aliphatic carbocycles. The van der Waals surface area contributed by atoms with E-state index in [1.807, 2.05) is 13.0 Å². The van der Waals surface area contributed by atoms with E-state index >= 15 is 0 Å². The summed E-state index contributed by atoms with van der Waals surface area (Å²) in [6.45, 7) is 6.60. The molecule has 0 saturated heterocycles. The first-order chi connectivity index (χ1) is 12.7. The minimum Gasteiger partial charge on any atom is -0.508 e. The monoisotopic (exact) mass is 380 g/mol. The molecule has 26 heavy (non-hydrogen) atoms. The zero-order valence-corrected chi connectivity index (χ0v) is 18.6.